The van der Waals surface area contributed by atoms with Crippen molar-refractivity contribution in [2.75, 3.05) is 19.7 Å². The van der Waals surface area contributed by atoms with Crippen molar-refractivity contribution in [2.45, 2.75) is 19.4 Å². The second-order valence-electron chi connectivity index (χ2n) is 4.50. The maximum absolute atomic E-state index is 12.0. The summed E-state index contributed by atoms with van der Waals surface area (Å²) in [6, 6.07) is 3.65. The van der Waals surface area contributed by atoms with Crippen molar-refractivity contribution in [1.82, 2.24) is 5.32 Å². The van der Waals surface area contributed by atoms with Gasteiger partial charge in [-0.15, -0.1) is 11.3 Å². The predicted molar refractivity (Wildman–Crippen MR) is 76.1 cm³/mol. The molecule has 1 amide bonds. The third-order valence-electron chi connectivity index (χ3n) is 3.20. The van der Waals surface area contributed by atoms with Crippen molar-refractivity contribution in [3.8, 4) is 11.8 Å². The zero-order valence-corrected chi connectivity index (χ0v) is 11.8. The van der Waals surface area contributed by atoms with E-state index < -0.39 is 0 Å². The third kappa shape index (κ3) is 3.80. The van der Waals surface area contributed by atoms with Crippen molar-refractivity contribution in [3.05, 3.63) is 21.9 Å². The minimum absolute atomic E-state index is 0.0371. The molecule has 1 fully saturated rings. The van der Waals surface area contributed by atoms with Crippen molar-refractivity contribution in [1.29, 1.82) is 0 Å². The van der Waals surface area contributed by atoms with Gasteiger partial charge in [0.25, 0.3) is 5.91 Å². The summed E-state index contributed by atoms with van der Waals surface area (Å²) in [4.78, 5) is 13.5. The fourth-order valence-corrected chi connectivity index (χ4v) is 2.82. The Morgan fingerprint density at radius 1 is 1.63 bits per heavy atom. The van der Waals surface area contributed by atoms with Crippen LogP contribution in [0, 0.1) is 17.8 Å². The number of hydrogen-bond acceptors (Lipinski definition) is 4. The molecular formula is C14H18N2O2S. The third-order valence-corrected chi connectivity index (χ3v) is 4.20. The monoisotopic (exact) mass is 278 g/mol. The van der Waals surface area contributed by atoms with E-state index in [2.05, 4.69) is 24.1 Å². The minimum atomic E-state index is -0.0371. The van der Waals surface area contributed by atoms with E-state index in [4.69, 9.17) is 10.5 Å². The van der Waals surface area contributed by atoms with Crippen molar-refractivity contribution in [2.24, 2.45) is 11.7 Å². The predicted octanol–water partition coefficient (Wildman–Crippen LogP) is 1.21. The Hall–Kier alpha value is -1.35. The van der Waals surface area contributed by atoms with Gasteiger partial charge in [-0.05, 0) is 25.5 Å². The Kier molecular flexibility index (Phi) is 4.97. The average molecular weight is 278 g/mol. The maximum atomic E-state index is 12.0. The summed E-state index contributed by atoms with van der Waals surface area (Å²) < 4.78 is 5.47. The smallest absolute Gasteiger partial charge is 0.261 e. The maximum Gasteiger partial charge on any atom is 0.261 e. The van der Waals surface area contributed by atoms with Gasteiger partial charge in [-0.1, -0.05) is 11.8 Å². The molecule has 0 radical (unpaired) electrons. The van der Waals surface area contributed by atoms with Gasteiger partial charge in [0.1, 0.15) is 0 Å². The molecule has 2 rings (SSSR count). The molecule has 0 saturated carbocycles. The largest absolute Gasteiger partial charge is 0.378 e. The van der Waals surface area contributed by atoms with Crippen LogP contribution < -0.4 is 11.1 Å². The van der Waals surface area contributed by atoms with Gasteiger partial charge < -0.3 is 15.8 Å². The highest BCUT2D eigenvalue weighted by atomic mass is 32.1. The molecule has 5 heteroatoms. The number of amides is 1. The summed E-state index contributed by atoms with van der Waals surface area (Å²) in [5.41, 5.74) is 5.31. The van der Waals surface area contributed by atoms with Gasteiger partial charge in [0.05, 0.1) is 22.4 Å². The van der Waals surface area contributed by atoms with Crippen LogP contribution in [0.3, 0.4) is 0 Å². The fourth-order valence-electron chi connectivity index (χ4n) is 2.02. The van der Waals surface area contributed by atoms with Crippen LogP contribution in [0.1, 0.15) is 27.9 Å². The number of nitrogens with two attached hydrogens (primary N) is 1. The molecule has 1 aliphatic rings. The Morgan fingerprint density at radius 3 is 3.16 bits per heavy atom. The van der Waals surface area contributed by atoms with Crippen LogP contribution in [-0.2, 0) is 4.74 Å². The average Bonchev–Trinajstić information content (AvgIpc) is 3.03. The number of carbonyl (C=O) groups excluding carboxylic acids is 1. The standard InChI is InChI=1S/C14H18N2O2S/c1-10-11(6-8-18-10)9-16-14(17)13-5-4-12(19-13)3-2-7-15/h4-5,10-11H,6-9,15H2,1H3,(H,16,17). The molecule has 102 valence electrons. The van der Waals surface area contributed by atoms with Gasteiger partial charge in [0.15, 0.2) is 0 Å². The molecule has 0 spiro atoms. The lowest BCUT2D eigenvalue weighted by atomic mass is 10.0. The number of hydrogen-bond donors (Lipinski definition) is 2. The van der Waals surface area contributed by atoms with Crippen LogP contribution in [0.15, 0.2) is 12.1 Å². The molecular weight excluding hydrogens is 260 g/mol. The van der Waals surface area contributed by atoms with Crippen LogP contribution in [0.2, 0.25) is 0 Å². The lowest BCUT2D eigenvalue weighted by Gasteiger charge is -2.14. The number of rotatable bonds is 3. The summed E-state index contributed by atoms with van der Waals surface area (Å²) in [5.74, 6) is 6.09. The van der Waals surface area contributed by atoms with Crippen LogP contribution in [-0.4, -0.2) is 31.7 Å². The molecule has 2 unspecified atom stereocenters. The molecule has 2 atom stereocenters. The lowest BCUT2D eigenvalue weighted by molar-refractivity contribution is 0.0911. The lowest BCUT2D eigenvalue weighted by Crippen LogP contribution is -2.31. The molecule has 4 nitrogen and oxygen atoms in total. The van der Waals surface area contributed by atoms with E-state index in [0.717, 1.165) is 17.9 Å². The highest BCUT2D eigenvalue weighted by Gasteiger charge is 2.24. The second-order valence-corrected chi connectivity index (χ2v) is 5.59. The highest BCUT2D eigenvalue weighted by molar-refractivity contribution is 7.14. The second kappa shape index (κ2) is 6.71. The van der Waals surface area contributed by atoms with Crippen molar-refractivity contribution >= 4 is 17.2 Å². The van der Waals surface area contributed by atoms with Crippen molar-refractivity contribution in [3.63, 3.8) is 0 Å². The molecule has 1 saturated heterocycles. The first-order valence-electron chi connectivity index (χ1n) is 6.39. The van der Waals surface area contributed by atoms with E-state index in [1.54, 1.807) is 6.07 Å². The normalized spacial score (nSPS) is 21.8. The Balaban J connectivity index is 1.87. The number of ether oxygens (including phenoxy) is 1. The number of carbonyl (C=O) groups is 1. The van der Waals surface area contributed by atoms with Gasteiger partial charge in [0, 0.05) is 19.1 Å². The van der Waals surface area contributed by atoms with Gasteiger partial charge in [-0.25, -0.2) is 0 Å². The minimum Gasteiger partial charge on any atom is -0.378 e. The molecule has 1 aromatic heterocycles. The number of thiophene rings is 1. The van der Waals surface area contributed by atoms with Crippen LogP contribution in [0.5, 0.6) is 0 Å². The van der Waals surface area contributed by atoms with E-state index in [1.165, 1.54) is 11.3 Å². The fraction of sp³-hybridized carbons (Fsp3) is 0.500. The molecule has 2 heterocycles. The van der Waals surface area contributed by atoms with Gasteiger partial charge in [0.2, 0.25) is 0 Å². The topological polar surface area (TPSA) is 64.3 Å². The van der Waals surface area contributed by atoms with Gasteiger partial charge in [-0.2, -0.15) is 0 Å². The van der Waals surface area contributed by atoms with Crippen LogP contribution in [0.25, 0.3) is 0 Å². The van der Waals surface area contributed by atoms with Crippen LogP contribution in [0.4, 0.5) is 0 Å². The zero-order chi connectivity index (χ0) is 13.7. The van der Waals surface area contributed by atoms with E-state index >= 15 is 0 Å². The molecule has 0 aromatic carbocycles. The molecule has 1 aliphatic heterocycles. The summed E-state index contributed by atoms with van der Waals surface area (Å²) in [5, 5.41) is 2.96. The Morgan fingerprint density at radius 2 is 2.47 bits per heavy atom. The van der Waals surface area contributed by atoms with Crippen molar-refractivity contribution < 1.29 is 9.53 Å². The van der Waals surface area contributed by atoms with Gasteiger partial charge >= 0.3 is 0 Å². The number of nitrogens with one attached hydrogen (secondary N) is 1. The highest BCUT2D eigenvalue weighted by Crippen LogP contribution is 2.20. The Labute approximate surface area is 117 Å². The first-order chi connectivity index (χ1) is 9.20. The van der Waals surface area contributed by atoms with E-state index in [0.29, 0.717) is 23.9 Å². The molecule has 1 aromatic rings. The summed E-state index contributed by atoms with van der Waals surface area (Å²) in [7, 11) is 0. The van der Waals surface area contributed by atoms with Crippen LogP contribution >= 0.6 is 11.3 Å². The SMILES string of the molecule is CC1OCCC1CNC(=O)c1ccc(C#CCN)s1. The summed E-state index contributed by atoms with van der Waals surface area (Å²) in [6.45, 7) is 3.84. The quantitative estimate of drug-likeness (QED) is 0.817. The summed E-state index contributed by atoms with van der Waals surface area (Å²) in [6.07, 6.45) is 1.24. The molecule has 0 bridgehead atoms. The summed E-state index contributed by atoms with van der Waals surface area (Å²) >= 11 is 1.39. The molecule has 3 N–H and O–H groups in total. The van der Waals surface area contributed by atoms with E-state index in [1.807, 2.05) is 6.07 Å². The van der Waals surface area contributed by atoms with E-state index in [9.17, 15) is 4.79 Å². The zero-order valence-electron chi connectivity index (χ0n) is 10.9. The van der Waals surface area contributed by atoms with Gasteiger partial charge in [-0.3, -0.25) is 4.79 Å². The Bertz CT molecular complexity index is 501. The molecule has 19 heavy (non-hydrogen) atoms. The molecule has 0 aliphatic carbocycles. The first kappa shape index (κ1) is 14.1. The van der Waals surface area contributed by atoms with E-state index in [-0.39, 0.29) is 12.0 Å². The first-order valence-corrected chi connectivity index (χ1v) is 7.21.